The molecule has 4 heteroatoms. The first-order valence-corrected chi connectivity index (χ1v) is 8.37. The summed E-state index contributed by atoms with van der Waals surface area (Å²) < 4.78 is 0. The van der Waals surface area contributed by atoms with Crippen molar-refractivity contribution in [2.24, 2.45) is 0 Å². The third-order valence-electron chi connectivity index (χ3n) is 5.16. The zero-order valence-corrected chi connectivity index (χ0v) is 12.3. The Morgan fingerprint density at radius 3 is 2.10 bits per heavy atom. The zero-order valence-electron chi connectivity index (χ0n) is 12.3. The summed E-state index contributed by atoms with van der Waals surface area (Å²) >= 11 is 0. The van der Waals surface area contributed by atoms with E-state index in [1.54, 1.807) is 4.90 Å². The molecule has 0 bridgehead atoms. The molecule has 1 aliphatic heterocycles. The lowest BCUT2D eigenvalue weighted by atomic mass is 9.94. The van der Waals surface area contributed by atoms with Gasteiger partial charge < -0.3 is 5.32 Å². The minimum absolute atomic E-state index is 0.0486. The number of carbonyl (C=O) groups is 2. The van der Waals surface area contributed by atoms with E-state index in [4.69, 9.17) is 0 Å². The Balaban J connectivity index is 1.60. The Kier molecular flexibility index (Phi) is 4.39. The summed E-state index contributed by atoms with van der Waals surface area (Å²) in [6, 6.07) is 0.381. The highest BCUT2D eigenvalue weighted by atomic mass is 16.2. The van der Waals surface area contributed by atoms with Crippen molar-refractivity contribution in [2.45, 2.75) is 88.8 Å². The lowest BCUT2D eigenvalue weighted by Crippen LogP contribution is -2.47. The van der Waals surface area contributed by atoms with Gasteiger partial charge in [0.2, 0.25) is 11.8 Å². The van der Waals surface area contributed by atoms with E-state index in [0.29, 0.717) is 12.5 Å². The van der Waals surface area contributed by atoms with E-state index >= 15 is 0 Å². The van der Waals surface area contributed by atoms with Gasteiger partial charge in [0.25, 0.3) is 0 Å². The Bertz CT molecular complexity index is 371. The van der Waals surface area contributed by atoms with Crippen molar-refractivity contribution in [1.29, 1.82) is 0 Å². The molecule has 3 fully saturated rings. The minimum Gasteiger partial charge on any atom is -0.303 e. The van der Waals surface area contributed by atoms with Crippen molar-refractivity contribution in [3.63, 3.8) is 0 Å². The lowest BCUT2D eigenvalue weighted by Gasteiger charge is -2.30. The number of rotatable bonds is 3. The molecule has 1 atom stereocenters. The molecule has 0 aromatic heterocycles. The average molecular weight is 278 g/mol. The summed E-state index contributed by atoms with van der Waals surface area (Å²) in [6.07, 6.45) is 12.1. The highest BCUT2D eigenvalue weighted by molar-refractivity contribution is 6.05. The molecule has 0 radical (unpaired) electrons. The molecule has 1 unspecified atom stereocenters. The molecule has 3 aliphatic rings. The van der Waals surface area contributed by atoms with Crippen LogP contribution in [-0.4, -0.2) is 34.8 Å². The smallest absolute Gasteiger partial charge is 0.247 e. The molecule has 0 spiro atoms. The molecule has 1 N–H and O–H groups in total. The van der Waals surface area contributed by atoms with Crippen molar-refractivity contribution < 1.29 is 9.59 Å². The molecule has 1 heterocycles. The summed E-state index contributed by atoms with van der Waals surface area (Å²) in [6.45, 7) is 0. The van der Waals surface area contributed by atoms with Crippen molar-refractivity contribution in [1.82, 2.24) is 10.2 Å². The highest BCUT2D eigenvalue weighted by Crippen LogP contribution is 2.28. The van der Waals surface area contributed by atoms with Gasteiger partial charge in [-0.15, -0.1) is 0 Å². The first kappa shape index (κ1) is 14.1. The normalized spacial score (nSPS) is 30.2. The average Bonchev–Trinajstić information content (AvgIpc) is 2.75. The van der Waals surface area contributed by atoms with Gasteiger partial charge in [0.15, 0.2) is 0 Å². The zero-order chi connectivity index (χ0) is 13.9. The Morgan fingerprint density at radius 1 is 0.850 bits per heavy atom. The first-order valence-electron chi connectivity index (χ1n) is 8.37. The largest absolute Gasteiger partial charge is 0.303 e. The number of likely N-dealkylation sites (tertiary alicyclic amines) is 1. The number of amides is 2. The van der Waals surface area contributed by atoms with Gasteiger partial charge in [0.05, 0.1) is 12.5 Å². The quantitative estimate of drug-likeness (QED) is 0.806. The lowest BCUT2D eigenvalue weighted by molar-refractivity contribution is -0.142. The highest BCUT2D eigenvalue weighted by Gasteiger charge is 2.43. The van der Waals surface area contributed by atoms with Gasteiger partial charge in [0, 0.05) is 12.1 Å². The monoisotopic (exact) mass is 278 g/mol. The number of carbonyl (C=O) groups excluding carboxylic acids is 2. The Labute approximate surface area is 121 Å². The molecule has 2 saturated carbocycles. The third-order valence-corrected chi connectivity index (χ3v) is 5.16. The van der Waals surface area contributed by atoms with Gasteiger partial charge in [0.1, 0.15) is 0 Å². The van der Waals surface area contributed by atoms with Crippen LogP contribution in [0.4, 0.5) is 0 Å². The van der Waals surface area contributed by atoms with Crippen LogP contribution in [0.2, 0.25) is 0 Å². The van der Waals surface area contributed by atoms with Crippen LogP contribution in [0.15, 0.2) is 0 Å². The van der Waals surface area contributed by atoms with E-state index in [1.807, 2.05) is 0 Å². The summed E-state index contributed by atoms with van der Waals surface area (Å²) in [4.78, 5) is 26.3. The van der Waals surface area contributed by atoms with Crippen LogP contribution in [0, 0.1) is 0 Å². The van der Waals surface area contributed by atoms with Gasteiger partial charge in [-0.25, -0.2) is 0 Å². The second-order valence-electron chi connectivity index (χ2n) is 6.65. The molecule has 0 aromatic rings. The maximum absolute atomic E-state index is 12.5. The van der Waals surface area contributed by atoms with Gasteiger partial charge >= 0.3 is 0 Å². The second kappa shape index (κ2) is 6.25. The Morgan fingerprint density at radius 2 is 1.45 bits per heavy atom. The van der Waals surface area contributed by atoms with E-state index in [9.17, 15) is 9.59 Å². The van der Waals surface area contributed by atoms with Crippen molar-refractivity contribution in [3.8, 4) is 0 Å². The van der Waals surface area contributed by atoms with E-state index in [0.717, 1.165) is 38.5 Å². The molecular weight excluding hydrogens is 252 g/mol. The Hall–Kier alpha value is -0.900. The van der Waals surface area contributed by atoms with Crippen molar-refractivity contribution in [2.75, 3.05) is 0 Å². The van der Waals surface area contributed by atoms with Crippen LogP contribution in [0.3, 0.4) is 0 Å². The topological polar surface area (TPSA) is 49.4 Å². The summed E-state index contributed by atoms with van der Waals surface area (Å²) in [7, 11) is 0. The van der Waals surface area contributed by atoms with Crippen LogP contribution in [-0.2, 0) is 9.59 Å². The van der Waals surface area contributed by atoms with Gasteiger partial charge in [-0.2, -0.15) is 0 Å². The van der Waals surface area contributed by atoms with Gasteiger partial charge in [-0.05, 0) is 25.7 Å². The van der Waals surface area contributed by atoms with Crippen molar-refractivity contribution in [3.05, 3.63) is 0 Å². The number of hydrogen-bond acceptors (Lipinski definition) is 3. The third kappa shape index (κ3) is 2.90. The number of nitrogens with one attached hydrogen (secondary N) is 1. The molecule has 112 valence electrons. The fourth-order valence-corrected chi connectivity index (χ4v) is 4.06. The molecular formula is C16H26N2O2. The van der Waals surface area contributed by atoms with Gasteiger partial charge in [-0.1, -0.05) is 38.5 Å². The molecule has 2 amide bonds. The van der Waals surface area contributed by atoms with E-state index < -0.39 is 0 Å². The number of imide groups is 1. The predicted molar refractivity (Wildman–Crippen MR) is 77.1 cm³/mol. The summed E-state index contributed by atoms with van der Waals surface area (Å²) in [5, 5.41) is 3.46. The number of nitrogens with zero attached hydrogens (tertiary/aromatic N) is 1. The SMILES string of the molecule is O=C1CC(NC2CCCCC2)C(=O)N1C1CCCCC1. The van der Waals surface area contributed by atoms with Crippen LogP contribution in [0.1, 0.15) is 70.6 Å². The molecule has 3 rings (SSSR count). The fourth-order valence-electron chi connectivity index (χ4n) is 4.06. The summed E-state index contributed by atoms with van der Waals surface area (Å²) in [5.41, 5.74) is 0. The second-order valence-corrected chi connectivity index (χ2v) is 6.65. The van der Waals surface area contributed by atoms with E-state index in [2.05, 4.69) is 5.32 Å². The van der Waals surface area contributed by atoms with E-state index in [-0.39, 0.29) is 23.9 Å². The van der Waals surface area contributed by atoms with Crippen LogP contribution in [0.25, 0.3) is 0 Å². The molecule has 1 saturated heterocycles. The molecule has 4 nitrogen and oxygen atoms in total. The van der Waals surface area contributed by atoms with Crippen LogP contribution >= 0.6 is 0 Å². The maximum Gasteiger partial charge on any atom is 0.247 e. The number of hydrogen-bond donors (Lipinski definition) is 1. The fraction of sp³-hybridized carbons (Fsp3) is 0.875. The summed E-state index contributed by atoms with van der Waals surface area (Å²) in [5.74, 6) is 0.0997. The predicted octanol–water partition coefficient (Wildman–Crippen LogP) is 2.37. The first-order chi connectivity index (χ1) is 9.75. The maximum atomic E-state index is 12.5. The van der Waals surface area contributed by atoms with Crippen molar-refractivity contribution >= 4 is 11.8 Å². The van der Waals surface area contributed by atoms with Gasteiger partial charge in [-0.3, -0.25) is 14.5 Å². The van der Waals surface area contributed by atoms with Crippen LogP contribution < -0.4 is 5.32 Å². The molecule has 2 aliphatic carbocycles. The molecule has 0 aromatic carbocycles. The minimum atomic E-state index is -0.243. The van der Waals surface area contributed by atoms with Crippen LogP contribution in [0.5, 0.6) is 0 Å². The standard InChI is InChI=1S/C16H26N2O2/c19-15-11-14(17-12-7-3-1-4-8-12)16(20)18(15)13-9-5-2-6-10-13/h12-14,17H,1-11H2. The molecule has 20 heavy (non-hydrogen) atoms. The van der Waals surface area contributed by atoms with E-state index in [1.165, 1.54) is 25.7 Å².